The Hall–Kier alpha value is -4.28. The molecule has 0 aliphatic carbocycles. The molecule has 1 N–H and O–H groups in total. The highest BCUT2D eigenvalue weighted by Gasteiger charge is 2.21. The first-order valence-corrected chi connectivity index (χ1v) is 10.5. The average molecular weight is 450 g/mol. The molecule has 0 aliphatic heterocycles. The van der Waals surface area contributed by atoms with Crippen LogP contribution in [0.2, 0.25) is 0 Å². The van der Waals surface area contributed by atoms with Crippen molar-refractivity contribution in [2.45, 2.75) is 39.5 Å². The monoisotopic (exact) mass is 450 g/mol. The molecule has 0 unspecified atom stereocenters. The van der Waals surface area contributed by atoms with Crippen molar-refractivity contribution in [3.05, 3.63) is 91.0 Å². The van der Waals surface area contributed by atoms with Crippen molar-refractivity contribution in [1.29, 1.82) is 0 Å². The Labute approximate surface area is 187 Å². The number of unbranched alkanes of at least 4 members (excludes halogenated alkanes) is 1. The van der Waals surface area contributed by atoms with Crippen LogP contribution >= 0.6 is 0 Å². The predicted octanol–water partition coefficient (Wildman–Crippen LogP) is 2.62. The number of aromatic nitrogens is 5. The van der Waals surface area contributed by atoms with Gasteiger partial charge in [0.05, 0.1) is 6.54 Å². The number of hydrogen-bond donors (Lipinski definition) is 1. The van der Waals surface area contributed by atoms with E-state index in [1.54, 1.807) is 4.57 Å². The van der Waals surface area contributed by atoms with Gasteiger partial charge in [0.1, 0.15) is 18.6 Å². The minimum atomic E-state index is -0.627. The average Bonchev–Trinajstić information content (AvgIpc) is 3.18. The van der Waals surface area contributed by atoms with Gasteiger partial charge >= 0.3 is 11.5 Å². The van der Waals surface area contributed by atoms with E-state index in [0.29, 0.717) is 12.4 Å². The molecule has 170 valence electrons. The first-order chi connectivity index (χ1) is 16.0. The summed E-state index contributed by atoms with van der Waals surface area (Å²) in [5.74, 6) is -0.0331. The van der Waals surface area contributed by atoms with Gasteiger partial charge in [-0.2, -0.15) is 0 Å². The summed E-state index contributed by atoms with van der Waals surface area (Å²) < 4.78 is 8.79. The third-order valence-corrected chi connectivity index (χ3v) is 5.16. The van der Waals surface area contributed by atoms with Crippen molar-refractivity contribution in [2.24, 2.45) is 0 Å². The molecule has 4 aromatic rings. The number of pyridine rings is 1. The lowest BCUT2D eigenvalue weighted by Gasteiger charge is -2.10. The lowest BCUT2D eigenvalue weighted by Crippen LogP contribution is -2.31. The van der Waals surface area contributed by atoms with Gasteiger partial charge in [0.2, 0.25) is 5.75 Å². The van der Waals surface area contributed by atoms with Gasteiger partial charge in [-0.1, -0.05) is 43.7 Å². The van der Waals surface area contributed by atoms with Gasteiger partial charge in [-0.15, -0.1) is 0 Å². The normalized spacial score (nSPS) is 11.1. The molecule has 0 bridgehead atoms. The quantitative estimate of drug-likeness (QED) is 0.305. The Morgan fingerprint density at radius 2 is 1.91 bits per heavy atom. The fourth-order valence-corrected chi connectivity index (χ4v) is 3.57. The van der Waals surface area contributed by atoms with E-state index >= 15 is 0 Å². The van der Waals surface area contributed by atoms with E-state index in [9.17, 15) is 19.7 Å². The third-order valence-electron chi connectivity index (χ3n) is 5.16. The number of rotatable bonds is 9. The summed E-state index contributed by atoms with van der Waals surface area (Å²) in [6.07, 6.45) is 2.95. The Bertz CT molecular complexity index is 1410. The van der Waals surface area contributed by atoms with Crippen LogP contribution in [0.5, 0.6) is 5.75 Å². The van der Waals surface area contributed by atoms with E-state index in [2.05, 4.69) is 15.0 Å². The molecular formula is C22H22N6O5. The van der Waals surface area contributed by atoms with E-state index in [-0.39, 0.29) is 30.1 Å². The van der Waals surface area contributed by atoms with Crippen LogP contribution in [-0.4, -0.2) is 29.0 Å². The smallest absolute Gasteiger partial charge is 0.406 e. The lowest BCUT2D eigenvalue weighted by molar-refractivity contribution is -0.390. The number of imidazole rings is 1. The number of nitro groups is 1. The van der Waals surface area contributed by atoms with Gasteiger partial charge in [-0.05, 0) is 34.0 Å². The highest BCUT2D eigenvalue weighted by Crippen LogP contribution is 2.24. The number of aromatic amines is 1. The van der Waals surface area contributed by atoms with Crippen LogP contribution in [-0.2, 0) is 19.7 Å². The van der Waals surface area contributed by atoms with Crippen molar-refractivity contribution in [1.82, 2.24) is 24.1 Å². The number of benzene rings is 1. The molecule has 3 heterocycles. The second kappa shape index (κ2) is 9.47. The van der Waals surface area contributed by atoms with Gasteiger partial charge in [0, 0.05) is 6.54 Å². The molecule has 0 aliphatic rings. The molecular weight excluding hydrogens is 428 g/mol. The molecule has 11 heteroatoms. The maximum atomic E-state index is 12.7. The van der Waals surface area contributed by atoms with Crippen LogP contribution in [0.1, 0.15) is 31.2 Å². The van der Waals surface area contributed by atoms with E-state index in [1.807, 2.05) is 37.3 Å². The van der Waals surface area contributed by atoms with Crippen LogP contribution in [0.3, 0.4) is 0 Å². The number of ether oxygens (including phenoxy) is 1. The SMILES string of the molecule is CCCCn1c(COc2cccnc2[N+](=O)[O-])nc2c1c(=O)[nH]c(=O)n2Cc1ccccc1. The lowest BCUT2D eigenvalue weighted by atomic mass is 10.2. The predicted molar refractivity (Wildman–Crippen MR) is 120 cm³/mol. The first-order valence-electron chi connectivity index (χ1n) is 10.5. The summed E-state index contributed by atoms with van der Waals surface area (Å²) >= 11 is 0. The number of H-pyrrole nitrogens is 1. The van der Waals surface area contributed by atoms with Crippen molar-refractivity contribution in [3.63, 3.8) is 0 Å². The molecule has 0 spiro atoms. The zero-order valence-corrected chi connectivity index (χ0v) is 17.9. The van der Waals surface area contributed by atoms with E-state index in [0.717, 1.165) is 18.4 Å². The maximum absolute atomic E-state index is 12.7. The van der Waals surface area contributed by atoms with Crippen LogP contribution in [0.25, 0.3) is 11.2 Å². The number of fused-ring (bicyclic) bond motifs is 1. The van der Waals surface area contributed by atoms with Crippen molar-refractivity contribution in [3.8, 4) is 5.75 Å². The van der Waals surface area contributed by atoms with E-state index in [4.69, 9.17) is 4.74 Å². The summed E-state index contributed by atoms with van der Waals surface area (Å²) in [6, 6.07) is 12.3. The zero-order valence-electron chi connectivity index (χ0n) is 17.9. The molecule has 4 rings (SSSR count). The van der Waals surface area contributed by atoms with Gasteiger partial charge < -0.3 is 19.4 Å². The van der Waals surface area contributed by atoms with Crippen LogP contribution in [0, 0.1) is 10.1 Å². The summed E-state index contributed by atoms with van der Waals surface area (Å²) in [5.41, 5.74) is 0.273. The van der Waals surface area contributed by atoms with Gasteiger partial charge in [-0.3, -0.25) is 14.3 Å². The largest absolute Gasteiger partial charge is 0.478 e. The standard InChI is InChI=1S/C22H22N6O5/c1-2-3-12-26-17(14-33-16-10-7-11-23-19(16)28(31)32)24-20-18(26)21(29)25-22(30)27(20)13-15-8-5-4-6-9-15/h4-11H,2-3,12-14H2,1H3,(H,25,29,30). The Kier molecular flexibility index (Phi) is 6.29. The second-order valence-electron chi connectivity index (χ2n) is 7.41. The summed E-state index contributed by atoms with van der Waals surface area (Å²) in [7, 11) is 0. The fraction of sp³-hybridized carbons (Fsp3) is 0.273. The molecule has 0 amide bonds. The fourth-order valence-electron chi connectivity index (χ4n) is 3.57. The van der Waals surface area contributed by atoms with Gasteiger partial charge in [0.15, 0.2) is 11.2 Å². The van der Waals surface area contributed by atoms with Crippen molar-refractivity contribution >= 4 is 17.0 Å². The molecule has 0 saturated carbocycles. The molecule has 33 heavy (non-hydrogen) atoms. The number of nitrogens with one attached hydrogen (secondary N) is 1. The highest BCUT2D eigenvalue weighted by atomic mass is 16.6. The minimum Gasteiger partial charge on any atom is -0.478 e. The van der Waals surface area contributed by atoms with Crippen LogP contribution in [0.4, 0.5) is 5.82 Å². The molecule has 11 nitrogen and oxygen atoms in total. The Balaban J connectivity index is 1.80. The summed E-state index contributed by atoms with van der Waals surface area (Å²) in [5, 5.41) is 11.2. The van der Waals surface area contributed by atoms with Gasteiger partial charge in [0.25, 0.3) is 5.56 Å². The Morgan fingerprint density at radius 3 is 2.64 bits per heavy atom. The molecule has 3 aromatic heterocycles. The molecule has 0 radical (unpaired) electrons. The van der Waals surface area contributed by atoms with Crippen LogP contribution in [0.15, 0.2) is 58.3 Å². The topological polar surface area (TPSA) is 138 Å². The number of hydrogen-bond acceptors (Lipinski definition) is 7. The second-order valence-corrected chi connectivity index (χ2v) is 7.41. The number of aryl methyl sites for hydroxylation is 1. The van der Waals surface area contributed by atoms with Crippen molar-refractivity contribution < 1.29 is 9.66 Å². The van der Waals surface area contributed by atoms with E-state index < -0.39 is 22.0 Å². The highest BCUT2D eigenvalue weighted by molar-refractivity contribution is 5.71. The zero-order chi connectivity index (χ0) is 23.4. The molecule has 1 aromatic carbocycles. The summed E-state index contributed by atoms with van der Waals surface area (Å²) in [6.45, 7) is 2.59. The minimum absolute atomic E-state index is 0.00724. The number of nitrogens with zero attached hydrogens (tertiary/aromatic N) is 5. The first kappa shape index (κ1) is 21.9. The molecule has 0 atom stereocenters. The van der Waals surface area contributed by atoms with Crippen LogP contribution < -0.4 is 16.0 Å². The molecule has 0 saturated heterocycles. The summed E-state index contributed by atoms with van der Waals surface area (Å²) in [4.78, 5) is 46.7. The maximum Gasteiger partial charge on any atom is 0.406 e. The van der Waals surface area contributed by atoms with Gasteiger partial charge in [-0.25, -0.2) is 9.78 Å². The third kappa shape index (κ3) is 4.52. The molecule has 0 fully saturated rings. The van der Waals surface area contributed by atoms with E-state index in [1.165, 1.54) is 22.9 Å². The van der Waals surface area contributed by atoms with Crippen molar-refractivity contribution in [2.75, 3.05) is 0 Å². The Morgan fingerprint density at radius 1 is 1.12 bits per heavy atom.